The van der Waals surface area contributed by atoms with Crippen LogP contribution >= 0.6 is 0 Å². The molecule has 0 aliphatic carbocycles. The summed E-state index contributed by atoms with van der Waals surface area (Å²) in [6.45, 7) is 5.44. The molecule has 0 saturated carbocycles. The molecule has 2 aromatic rings. The highest BCUT2D eigenvalue weighted by atomic mass is 16.6. The standard InChI is InChI=1S/C22H27NO5/c1-22(2,3)28-21(25)23-18(12-15-7-5-4-6-8-15)19-13-17(20(24)27-19)11-16-9-10-26-14-16/h4-10,14,17-19H,11-13H2,1-3H3,(H,23,25)/t17-,18-,19-/m0/s1. The SMILES string of the molecule is CC(C)(C)OC(=O)N[C@@H](Cc1ccccc1)[C@@H]1C[C@H](Cc2ccoc2)C(=O)O1. The van der Waals surface area contributed by atoms with Gasteiger partial charge in [0.1, 0.15) is 11.7 Å². The number of alkyl carbamates (subject to hydrolysis) is 1. The predicted molar refractivity (Wildman–Crippen MR) is 104 cm³/mol. The molecule has 0 unspecified atom stereocenters. The summed E-state index contributed by atoms with van der Waals surface area (Å²) in [6.07, 6.45) is 3.97. The van der Waals surface area contributed by atoms with Crippen LogP contribution < -0.4 is 5.32 Å². The lowest BCUT2D eigenvalue weighted by atomic mass is 9.93. The molecule has 0 bridgehead atoms. The van der Waals surface area contributed by atoms with Gasteiger partial charge < -0.3 is 19.2 Å². The Morgan fingerprint density at radius 1 is 1.21 bits per heavy atom. The van der Waals surface area contributed by atoms with Crippen molar-refractivity contribution >= 4 is 12.1 Å². The summed E-state index contributed by atoms with van der Waals surface area (Å²) in [4.78, 5) is 24.7. The number of hydrogen-bond acceptors (Lipinski definition) is 5. The predicted octanol–water partition coefficient (Wildman–Crippen LogP) is 3.89. The second kappa shape index (κ2) is 8.50. The Morgan fingerprint density at radius 2 is 1.96 bits per heavy atom. The monoisotopic (exact) mass is 385 g/mol. The lowest BCUT2D eigenvalue weighted by Crippen LogP contribution is -2.46. The number of esters is 1. The second-order valence-electron chi connectivity index (χ2n) is 8.19. The van der Waals surface area contributed by atoms with Crippen molar-refractivity contribution in [2.45, 2.75) is 57.8 Å². The van der Waals surface area contributed by atoms with Gasteiger partial charge in [-0.25, -0.2) is 4.79 Å². The van der Waals surface area contributed by atoms with E-state index < -0.39 is 17.8 Å². The maximum absolute atomic E-state index is 12.4. The number of furan rings is 1. The quantitative estimate of drug-likeness (QED) is 0.764. The molecule has 1 aromatic heterocycles. The van der Waals surface area contributed by atoms with Crippen LogP contribution in [0.25, 0.3) is 0 Å². The number of benzene rings is 1. The highest BCUT2D eigenvalue weighted by Gasteiger charge is 2.40. The molecule has 1 aliphatic heterocycles. The molecule has 3 atom stereocenters. The van der Waals surface area contributed by atoms with E-state index in [1.807, 2.05) is 57.2 Å². The van der Waals surface area contributed by atoms with Crippen molar-refractivity contribution in [1.29, 1.82) is 0 Å². The van der Waals surface area contributed by atoms with Gasteiger partial charge in [0.2, 0.25) is 0 Å². The van der Waals surface area contributed by atoms with E-state index in [1.165, 1.54) is 0 Å². The number of carbonyl (C=O) groups is 2. The summed E-state index contributed by atoms with van der Waals surface area (Å²) < 4.78 is 16.1. The van der Waals surface area contributed by atoms with Crippen LogP contribution in [0.3, 0.4) is 0 Å². The highest BCUT2D eigenvalue weighted by Crippen LogP contribution is 2.28. The van der Waals surface area contributed by atoms with Crippen molar-refractivity contribution in [2.24, 2.45) is 5.92 Å². The normalized spacial score (nSPS) is 20.5. The Kier molecular flexibility index (Phi) is 6.07. The lowest BCUT2D eigenvalue weighted by molar-refractivity contribution is -0.145. The zero-order valence-corrected chi connectivity index (χ0v) is 16.5. The van der Waals surface area contributed by atoms with Crippen LogP contribution in [0.1, 0.15) is 38.3 Å². The molecule has 1 saturated heterocycles. The number of ether oxygens (including phenoxy) is 2. The first-order valence-electron chi connectivity index (χ1n) is 9.55. The fraction of sp³-hybridized carbons (Fsp3) is 0.455. The van der Waals surface area contributed by atoms with Gasteiger partial charge in [-0.05, 0) is 50.8 Å². The minimum Gasteiger partial charge on any atom is -0.472 e. The average Bonchev–Trinajstić information content (AvgIpc) is 3.24. The summed E-state index contributed by atoms with van der Waals surface area (Å²) >= 11 is 0. The molecule has 6 heteroatoms. The van der Waals surface area contributed by atoms with Crippen molar-refractivity contribution < 1.29 is 23.5 Å². The summed E-state index contributed by atoms with van der Waals surface area (Å²) in [5.41, 5.74) is 1.41. The third-order valence-corrected chi connectivity index (χ3v) is 4.63. The van der Waals surface area contributed by atoms with E-state index in [0.717, 1.165) is 11.1 Å². The van der Waals surface area contributed by atoms with Gasteiger partial charge in [-0.2, -0.15) is 0 Å². The summed E-state index contributed by atoms with van der Waals surface area (Å²) in [5, 5.41) is 2.91. The van der Waals surface area contributed by atoms with Gasteiger partial charge in [-0.15, -0.1) is 0 Å². The molecule has 150 valence electrons. The molecule has 6 nitrogen and oxygen atoms in total. The fourth-order valence-electron chi connectivity index (χ4n) is 3.38. The molecule has 2 heterocycles. The van der Waals surface area contributed by atoms with Crippen molar-refractivity contribution in [3.63, 3.8) is 0 Å². The van der Waals surface area contributed by atoms with Crippen LogP contribution in [-0.2, 0) is 27.1 Å². The second-order valence-corrected chi connectivity index (χ2v) is 8.19. The van der Waals surface area contributed by atoms with Crippen LogP contribution in [-0.4, -0.2) is 29.8 Å². The number of rotatable bonds is 6. The fourth-order valence-corrected chi connectivity index (χ4v) is 3.38. The van der Waals surface area contributed by atoms with E-state index in [0.29, 0.717) is 19.3 Å². The maximum atomic E-state index is 12.4. The molecule has 1 N–H and O–H groups in total. The third-order valence-electron chi connectivity index (χ3n) is 4.63. The van der Waals surface area contributed by atoms with E-state index in [4.69, 9.17) is 13.9 Å². The van der Waals surface area contributed by atoms with Gasteiger partial charge >= 0.3 is 12.1 Å². The van der Waals surface area contributed by atoms with Gasteiger partial charge in [0, 0.05) is 6.42 Å². The molecule has 1 aliphatic rings. The van der Waals surface area contributed by atoms with Gasteiger partial charge in [0.05, 0.1) is 24.5 Å². The van der Waals surface area contributed by atoms with Gasteiger partial charge in [0.25, 0.3) is 0 Å². The van der Waals surface area contributed by atoms with E-state index >= 15 is 0 Å². The molecule has 0 radical (unpaired) electrons. The van der Waals surface area contributed by atoms with Crippen molar-refractivity contribution in [2.75, 3.05) is 0 Å². The molecule has 0 spiro atoms. The Morgan fingerprint density at radius 3 is 2.61 bits per heavy atom. The van der Waals surface area contributed by atoms with Crippen LogP contribution in [0.15, 0.2) is 53.3 Å². The minimum atomic E-state index is -0.600. The first kappa shape index (κ1) is 20.0. The molecule has 1 aromatic carbocycles. The average molecular weight is 385 g/mol. The first-order chi connectivity index (χ1) is 13.3. The number of carbonyl (C=O) groups excluding carboxylic acids is 2. The molecule has 3 rings (SSSR count). The Balaban J connectivity index is 1.70. The molecule has 1 amide bonds. The first-order valence-corrected chi connectivity index (χ1v) is 9.55. The van der Waals surface area contributed by atoms with E-state index in [1.54, 1.807) is 12.5 Å². The Labute approximate surface area is 165 Å². The zero-order chi connectivity index (χ0) is 20.1. The number of amides is 1. The van der Waals surface area contributed by atoms with Crippen LogP contribution in [0.4, 0.5) is 4.79 Å². The van der Waals surface area contributed by atoms with E-state index in [9.17, 15) is 9.59 Å². The van der Waals surface area contributed by atoms with E-state index in [2.05, 4.69) is 5.32 Å². The number of hydrogen-bond donors (Lipinski definition) is 1. The number of cyclic esters (lactones) is 1. The largest absolute Gasteiger partial charge is 0.472 e. The third kappa shape index (κ3) is 5.62. The van der Waals surface area contributed by atoms with Gasteiger partial charge in [-0.1, -0.05) is 30.3 Å². The summed E-state index contributed by atoms with van der Waals surface area (Å²) in [6, 6.07) is 11.3. The Bertz CT molecular complexity index is 779. The van der Waals surface area contributed by atoms with Crippen LogP contribution in [0, 0.1) is 5.92 Å². The molecule has 1 fully saturated rings. The molecular formula is C22H27NO5. The number of nitrogens with one attached hydrogen (secondary N) is 1. The van der Waals surface area contributed by atoms with Gasteiger partial charge in [-0.3, -0.25) is 4.79 Å². The van der Waals surface area contributed by atoms with Crippen LogP contribution in [0.5, 0.6) is 0 Å². The zero-order valence-electron chi connectivity index (χ0n) is 16.5. The summed E-state index contributed by atoms with van der Waals surface area (Å²) in [5.74, 6) is -0.489. The summed E-state index contributed by atoms with van der Waals surface area (Å²) in [7, 11) is 0. The Hall–Kier alpha value is -2.76. The van der Waals surface area contributed by atoms with Gasteiger partial charge in [0.15, 0.2) is 0 Å². The lowest BCUT2D eigenvalue weighted by Gasteiger charge is -2.26. The van der Waals surface area contributed by atoms with Crippen molar-refractivity contribution in [1.82, 2.24) is 5.32 Å². The smallest absolute Gasteiger partial charge is 0.408 e. The minimum absolute atomic E-state index is 0.241. The van der Waals surface area contributed by atoms with Crippen molar-refractivity contribution in [3.8, 4) is 0 Å². The van der Waals surface area contributed by atoms with Crippen molar-refractivity contribution in [3.05, 3.63) is 60.1 Å². The maximum Gasteiger partial charge on any atom is 0.408 e. The molecular weight excluding hydrogens is 358 g/mol. The highest BCUT2D eigenvalue weighted by molar-refractivity contribution is 5.75. The van der Waals surface area contributed by atoms with E-state index in [-0.39, 0.29) is 17.9 Å². The molecule has 28 heavy (non-hydrogen) atoms. The topological polar surface area (TPSA) is 77.8 Å². The van der Waals surface area contributed by atoms with Crippen LogP contribution in [0.2, 0.25) is 0 Å².